The Kier molecular flexibility index (Phi) is 3.20. The Morgan fingerprint density at radius 2 is 2.25 bits per heavy atom. The Balaban J connectivity index is 2.28. The van der Waals surface area contributed by atoms with E-state index >= 15 is 0 Å². The van der Waals surface area contributed by atoms with Gasteiger partial charge in [-0.25, -0.2) is 0 Å². The van der Waals surface area contributed by atoms with Crippen molar-refractivity contribution in [1.82, 2.24) is 0 Å². The average molecular weight is 218 g/mol. The van der Waals surface area contributed by atoms with E-state index in [2.05, 4.69) is 43.9 Å². The van der Waals surface area contributed by atoms with E-state index in [1.54, 1.807) is 0 Å². The zero-order valence-electron chi connectivity index (χ0n) is 10.5. The van der Waals surface area contributed by atoms with Crippen LogP contribution in [0.25, 0.3) is 0 Å². The highest BCUT2D eigenvalue weighted by Crippen LogP contribution is 2.35. The topological polar surface area (TPSA) is 29.3 Å². The number of benzene rings is 1. The van der Waals surface area contributed by atoms with Gasteiger partial charge in [0, 0.05) is 24.3 Å². The Bertz CT molecular complexity index is 371. The lowest BCUT2D eigenvalue weighted by Gasteiger charge is -2.27. The third-order valence-corrected chi connectivity index (χ3v) is 3.56. The first-order chi connectivity index (χ1) is 7.63. The zero-order valence-corrected chi connectivity index (χ0v) is 10.5. The van der Waals surface area contributed by atoms with Crippen LogP contribution in [-0.2, 0) is 6.42 Å². The van der Waals surface area contributed by atoms with Crippen LogP contribution in [-0.4, -0.2) is 18.6 Å². The molecule has 1 aliphatic heterocycles. The molecule has 16 heavy (non-hydrogen) atoms. The lowest BCUT2D eigenvalue weighted by Crippen LogP contribution is -2.36. The van der Waals surface area contributed by atoms with E-state index in [0.717, 1.165) is 19.4 Å². The minimum atomic E-state index is 0.286. The zero-order chi connectivity index (χ0) is 11.7. The summed E-state index contributed by atoms with van der Waals surface area (Å²) in [7, 11) is 0. The van der Waals surface area contributed by atoms with E-state index in [1.807, 2.05) is 0 Å². The van der Waals surface area contributed by atoms with Gasteiger partial charge in [-0.3, -0.25) is 0 Å². The molecule has 0 aromatic heterocycles. The molecule has 0 aliphatic carbocycles. The maximum atomic E-state index is 5.94. The van der Waals surface area contributed by atoms with Crippen molar-refractivity contribution < 1.29 is 0 Å². The monoisotopic (exact) mass is 218 g/mol. The van der Waals surface area contributed by atoms with Crippen molar-refractivity contribution in [3.63, 3.8) is 0 Å². The SMILES string of the molecule is CCN1c2cccc(C)c2CC1CC(C)N. The van der Waals surface area contributed by atoms with Crippen LogP contribution in [0.15, 0.2) is 18.2 Å². The van der Waals surface area contributed by atoms with Crippen molar-refractivity contribution in [2.75, 3.05) is 11.4 Å². The molecule has 0 spiro atoms. The highest BCUT2D eigenvalue weighted by Gasteiger charge is 2.29. The fourth-order valence-electron chi connectivity index (χ4n) is 2.83. The summed E-state index contributed by atoms with van der Waals surface area (Å²) in [6.45, 7) is 7.62. The van der Waals surface area contributed by atoms with Gasteiger partial charge in [0.15, 0.2) is 0 Å². The van der Waals surface area contributed by atoms with Crippen LogP contribution < -0.4 is 10.6 Å². The van der Waals surface area contributed by atoms with Gasteiger partial charge in [0.05, 0.1) is 0 Å². The predicted molar refractivity (Wildman–Crippen MR) is 70.0 cm³/mol. The molecule has 0 radical (unpaired) electrons. The van der Waals surface area contributed by atoms with Crippen molar-refractivity contribution in [2.45, 2.75) is 45.7 Å². The van der Waals surface area contributed by atoms with Crippen molar-refractivity contribution in [3.05, 3.63) is 29.3 Å². The van der Waals surface area contributed by atoms with Crippen molar-refractivity contribution >= 4 is 5.69 Å². The third-order valence-electron chi connectivity index (χ3n) is 3.56. The van der Waals surface area contributed by atoms with Crippen molar-refractivity contribution in [2.24, 2.45) is 5.73 Å². The number of aryl methyl sites for hydroxylation is 1. The number of nitrogens with two attached hydrogens (primary N) is 1. The van der Waals surface area contributed by atoms with Gasteiger partial charge in [-0.05, 0) is 50.8 Å². The largest absolute Gasteiger partial charge is 0.368 e. The summed E-state index contributed by atoms with van der Waals surface area (Å²) in [5, 5.41) is 0. The second-order valence-corrected chi connectivity index (χ2v) is 4.93. The minimum Gasteiger partial charge on any atom is -0.368 e. The number of anilines is 1. The summed E-state index contributed by atoms with van der Waals surface area (Å²) in [6, 6.07) is 7.49. The fourth-order valence-corrected chi connectivity index (χ4v) is 2.83. The van der Waals surface area contributed by atoms with E-state index in [1.165, 1.54) is 16.8 Å². The predicted octanol–water partition coefficient (Wildman–Crippen LogP) is 2.48. The number of likely N-dealkylation sites (N-methyl/N-ethyl adjacent to an activating group) is 1. The molecule has 0 saturated heterocycles. The van der Waals surface area contributed by atoms with Gasteiger partial charge in [0.2, 0.25) is 0 Å². The molecule has 1 aromatic carbocycles. The van der Waals surface area contributed by atoms with Gasteiger partial charge in [-0.15, -0.1) is 0 Å². The molecule has 0 bridgehead atoms. The Morgan fingerprint density at radius 1 is 1.50 bits per heavy atom. The Morgan fingerprint density at radius 3 is 2.88 bits per heavy atom. The molecular formula is C14H22N2. The maximum absolute atomic E-state index is 5.94. The third kappa shape index (κ3) is 1.94. The molecule has 0 amide bonds. The van der Waals surface area contributed by atoms with Crippen molar-refractivity contribution in [3.8, 4) is 0 Å². The van der Waals surface area contributed by atoms with E-state index < -0.39 is 0 Å². The van der Waals surface area contributed by atoms with Crippen LogP contribution in [0.4, 0.5) is 5.69 Å². The fraction of sp³-hybridized carbons (Fsp3) is 0.571. The normalized spacial score (nSPS) is 21.0. The van der Waals surface area contributed by atoms with Gasteiger partial charge < -0.3 is 10.6 Å². The first-order valence-corrected chi connectivity index (χ1v) is 6.24. The molecule has 1 aliphatic rings. The van der Waals surface area contributed by atoms with Crippen LogP contribution in [0.1, 0.15) is 31.4 Å². The molecule has 88 valence electrons. The minimum absolute atomic E-state index is 0.286. The summed E-state index contributed by atoms with van der Waals surface area (Å²) < 4.78 is 0. The van der Waals surface area contributed by atoms with E-state index in [0.29, 0.717) is 6.04 Å². The lowest BCUT2D eigenvalue weighted by molar-refractivity contribution is 0.529. The van der Waals surface area contributed by atoms with E-state index in [9.17, 15) is 0 Å². The number of rotatable bonds is 3. The average Bonchev–Trinajstić information content (AvgIpc) is 2.56. The van der Waals surface area contributed by atoms with Crippen LogP contribution in [0.3, 0.4) is 0 Å². The Labute approximate surface area is 98.4 Å². The summed E-state index contributed by atoms with van der Waals surface area (Å²) >= 11 is 0. The molecular weight excluding hydrogens is 196 g/mol. The quantitative estimate of drug-likeness (QED) is 0.844. The van der Waals surface area contributed by atoms with Crippen LogP contribution in [0.5, 0.6) is 0 Å². The molecule has 0 fully saturated rings. The van der Waals surface area contributed by atoms with Gasteiger partial charge >= 0.3 is 0 Å². The summed E-state index contributed by atoms with van der Waals surface area (Å²) in [5.74, 6) is 0. The lowest BCUT2D eigenvalue weighted by atomic mass is 10.0. The van der Waals surface area contributed by atoms with Gasteiger partial charge in [-0.2, -0.15) is 0 Å². The second kappa shape index (κ2) is 4.46. The number of hydrogen-bond donors (Lipinski definition) is 1. The highest BCUT2D eigenvalue weighted by molar-refractivity contribution is 5.62. The summed E-state index contributed by atoms with van der Waals surface area (Å²) in [6.07, 6.45) is 2.25. The standard InChI is InChI=1S/C14H22N2/c1-4-16-12(8-11(3)15)9-13-10(2)6-5-7-14(13)16/h5-7,11-12H,4,8-9,15H2,1-3H3. The number of hydrogen-bond acceptors (Lipinski definition) is 2. The molecule has 0 saturated carbocycles. The first kappa shape index (κ1) is 11.5. The Hall–Kier alpha value is -1.02. The maximum Gasteiger partial charge on any atom is 0.0404 e. The molecule has 2 unspecified atom stereocenters. The summed E-state index contributed by atoms with van der Waals surface area (Å²) in [4.78, 5) is 2.51. The molecule has 2 nitrogen and oxygen atoms in total. The first-order valence-electron chi connectivity index (χ1n) is 6.24. The highest BCUT2D eigenvalue weighted by atomic mass is 15.2. The van der Waals surface area contributed by atoms with Crippen LogP contribution >= 0.6 is 0 Å². The van der Waals surface area contributed by atoms with Gasteiger partial charge in [0.25, 0.3) is 0 Å². The van der Waals surface area contributed by atoms with E-state index in [-0.39, 0.29) is 6.04 Å². The van der Waals surface area contributed by atoms with Gasteiger partial charge in [-0.1, -0.05) is 12.1 Å². The molecule has 1 heterocycles. The molecule has 1 aromatic rings. The molecule has 2 rings (SSSR count). The molecule has 2 heteroatoms. The second-order valence-electron chi connectivity index (χ2n) is 4.93. The molecule has 2 N–H and O–H groups in total. The van der Waals surface area contributed by atoms with Gasteiger partial charge in [0.1, 0.15) is 0 Å². The smallest absolute Gasteiger partial charge is 0.0404 e. The van der Waals surface area contributed by atoms with Crippen LogP contribution in [0.2, 0.25) is 0 Å². The van der Waals surface area contributed by atoms with Crippen LogP contribution in [0, 0.1) is 6.92 Å². The number of nitrogens with zero attached hydrogens (tertiary/aromatic N) is 1. The number of fused-ring (bicyclic) bond motifs is 1. The van der Waals surface area contributed by atoms with Crippen molar-refractivity contribution in [1.29, 1.82) is 0 Å². The summed E-state index contributed by atoms with van der Waals surface area (Å²) in [5.41, 5.74) is 10.3. The van der Waals surface area contributed by atoms with E-state index in [4.69, 9.17) is 5.73 Å². The molecule has 2 atom stereocenters.